The van der Waals surface area contributed by atoms with Gasteiger partial charge >= 0.3 is 6.16 Å². The maximum absolute atomic E-state index is 14.5. The minimum Gasteiger partial charge on any atom is -0.450 e. The summed E-state index contributed by atoms with van der Waals surface area (Å²) in [6.07, 6.45) is 1.70. The number of benzene rings is 2. The Morgan fingerprint density at radius 2 is 1.73 bits per heavy atom. The summed E-state index contributed by atoms with van der Waals surface area (Å²) in [5.41, 5.74) is 1.46. The molecule has 3 N–H and O–H groups in total. The molecule has 0 heterocycles. The maximum Gasteiger partial charge on any atom is 0.503 e. The van der Waals surface area contributed by atoms with Crippen LogP contribution >= 0.6 is 11.6 Å². The van der Waals surface area contributed by atoms with Gasteiger partial charge in [-0.25, -0.2) is 18.0 Å². The van der Waals surface area contributed by atoms with Crippen LogP contribution in [0.25, 0.3) is 0 Å². The molecule has 0 saturated heterocycles. The monoisotopic (exact) mass is 483 g/mol. The van der Waals surface area contributed by atoms with Gasteiger partial charge in [-0.2, -0.15) is 0 Å². The van der Waals surface area contributed by atoms with E-state index in [1.54, 1.807) is 36.4 Å². The maximum atomic E-state index is 14.5. The minimum absolute atomic E-state index is 0.0495. The van der Waals surface area contributed by atoms with Gasteiger partial charge in [0.2, 0.25) is 5.91 Å². The Labute approximate surface area is 194 Å². The van der Waals surface area contributed by atoms with Crippen LogP contribution in [0.3, 0.4) is 0 Å². The lowest BCUT2D eigenvalue weighted by Crippen LogP contribution is -2.35. The first-order chi connectivity index (χ1) is 15.6. The van der Waals surface area contributed by atoms with Crippen molar-refractivity contribution in [1.82, 2.24) is 0 Å². The summed E-state index contributed by atoms with van der Waals surface area (Å²) in [5, 5.41) is 17.0. The molecule has 0 aromatic heterocycles. The molecule has 9 heteroatoms. The molecule has 2 aromatic carbocycles. The van der Waals surface area contributed by atoms with Gasteiger partial charge in [-0.05, 0) is 73.4 Å². The average molecular weight is 484 g/mol. The third-order valence-electron chi connectivity index (χ3n) is 5.99. The van der Waals surface area contributed by atoms with Gasteiger partial charge in [-0.1, -0.05) is 29.8 Å². The number of carbonyl (C=O) groups excluding carboxylic acids is 1. The van der Waals surface area contributed by atoms with E-state index in [4.69, 9.17) is 26.6 Å². The number of hydrogen-bond acceptors (Lipinski definition) is 2. The van der Waals surface area contributed by atoms with Crippen LogP contribution in [0, 0.1) is 17.7 Å². The molecular weight excluding hydrogens is 459 g/mol. The van der Waals surface area contributed by atoms with Crippen LogP contribution in [0.2, 0.25) is 5.02 Å². The summed E-state index contributed by atoms with van der Waals surface area (Å²) in [7, 11) is 0. The van der Waals surface area contributed by atoms with E-state index in [2.05, 4.69) is 5.32 Å². The number of rotatable bonds is 6. The highest BCUT2D eigenvalue weighted by atomic mass is 35.5. The van der Waals surface area contributed by atoms with Gasteiger partial charge in [-0.15, -0.1) is 0 Å². The lowest BCUT2D eigenvalue weighted by Gasteiger charge is -2.28. The van der Waals surface area contributed by atoms with Crippen molar-refractivity contribution in [2.75, 3.05) is 5.32 Å². The molecule has 2 aromatic rings. The normalized spacial score (nSPS) is 19.8. The van der Waals surface area contributed by atoms with E-state index in [9.17, 15) is 18.0 Å². The van der Waals surface area contributed by atoms with Crippen molar-refractivity contribution in [2.24, 2.45) is 11.8 Å². The van der Waals surface area contributed by atoms with E-state index in [-0.39, 0.29) is 18.5 Å². The molecule has 1 amide bonds. The Morgan fingerprint density at radius 3 is 2.27 bits per heavy atom. The fourth-order valence-corrected chi connectivity index (χ4v) is 4.39. The number of carboxylic acid groups (broad SMARTS) is 2. The van der Waals surface area contributed by atoms with E-state index in [1.165, 1.54) is 6.07 Å². The molecule has 178 valence electrons. The number of hydrogen-bond donors (Lipinski definition) is 3. The fourth-order valence-electron chi connectivity index (χ4n) is 4.26. The SMILES string of the molecule is O=C(Nc1cc(CC2CC2)ccc1F)[C@H](c1ccc(Cl)cc1)C1CCCC1(F)F.O=C(O)O. The molecule has 2 saturated carbocycles. The standard InChI is InChI=1S/C23H23ClF3NO.CH2O3/c24-17-8-6-16(7-9-17)21(18-2-1-11-23(18,26)27)22(29)28-20-13-15(5-10-19(20)25)12-14-3-4-14;2-1(3)4/h5-10,13-14,18,21H,1-4,11-12H2,(H,28,29);(H2,2,3,4)/t18?,21-;/m1./s1. The summed E-state index contributed by atoms with van der Waals surface area (Å²) in [6.45, 7) is 0. The van der Waals surface area contributed by atoms with E-state index in [1.807, 2.05) is 0 Å². The fraction of sp³-hybridized carbons (Fsp3) is 0.417. The number of carbonyl (C=O) groups is 2. The van der Waals surface area contributed by atoms with Crippen molar-refractivity contribution in [2.45, 2.75) is 50.4 Å². The first kappa shape index (κ1) is 24.9. The molecule has 0 spiro atoms. The van der Waals surface area contributed by atoms with Crippen LogP contribution in [-0.4, -0.2) is 28.2 Å². The van der Waals surface area contributed by atoms with Crippen LogP contribution in [-0.2, 0) is 11.2 Å². The zero-order valence-corrected chi connectivity index (χ0v) is 18.5. The molecule has 33 heavy (non-hydrogen) atoms. The van der Waals surface area contributed by atoms with Gasteiger partial charge < -0.3 is 15.5 Å². The number of anilines is 1. The second kappa shape index (κ2) is 10.5. The minimum atomic E-state index is -2.94. The molecule has 0 bridgehead atoms. The summed E-state index contributed by atoms with van der Waals surface area (Å²) in [5.74, 6) is -5.69. The molecule has 0 radical (unpaired) electrons. The topological polar surface area (TPSA) is 86.6 Å². The Kier molecular flexibility index (Phi) is 7.89. The van der Waals surface area contributed by atoms with Gasteiger partial charge in [0, 0.05) is 17.4 Å². The molecule has 2 aliphatic rings. The largest absolute Gasteiger partial charge is 0.503 e. The van der Waals surface area contributed by atoms with Gasteiger partial charge in [0.25, 0.3) is 5.92 Å². The molecular formula is C24H25ClF3NO4. The van der Waals surface area contributed by atoms with Gasteiger partial charge in [0.1, 0.15) is 5.82 Å². The predicted octanol–water partition coefficient (Wildman–Crippen LogP) is 6.81. The van der Waals surface area contributed by atoms with Crippen LogP contribution in [0.5, 0.6) is 0 Å². The first-order valence-electron chi connectivity index (χ1n) is 10.7. The average Bonchev–Trinajstić information content (AvgIpc) is 3.47. The van der Waals surface area contributed by atoms with Crippen molar-refractivity contribution in [3.63, 3.8) is 0 Å². The van der Waals surface area contributed by atoms with Crippen LogP contribution in [0.4, 0.5) is 23.7 Å². The van der Waals surface area contributed by atoms with Gasteiger partial charge in [0.15, 0.2) is 0 Å². The Bertz CT molecular complexity index is 992. The smallest absolute Gasteiger partial charge is 0.450 e. The number of nitrogens with one attached hydrogen (secondary N) is 1. The van der Waals surface area contributed by atoms with Crippen molar-refractivity contribution < 1.29 is 33.0 Å². The van der Waals surface area contributed by atoms with Gasteiger partial charge in [0.05, 0.1) is 11.6 Å². The molecule has 4 rings (SSSR count). The Hall–Kier alpha value is -2.74. The summed E-state index contributed by atoms with van der Waals surface area (Å²) < 4.78 is 43.4. The first-order valence-corrected chi connectivity index (χ1v) is 11.1. The molecule has 5 nitrogen and oxygen atoms in total. The summed E-state index contributed by atoms with van der Waals surface area (Å²) >= 11 is 5.93. The third kappa shape index (κ3) is 6.87. The number of amides is 1. The highest BCUT2D eigenvalue weighted by molar-refractivity contribution is 6.30. The quantitative estimate of drug-likeness (QED) is 0.421. The predicted molar refractivity (Wildman–Crippen MR) is 119 cm³/mol. The molecule has 0 aliphatic heterocycles. The van der Waals surface area contributed by atoms with Crippen LogP contribution < -0.4 is 5.32 Å². The van der Waals surface area contributed by atoms with E-state index >= 15 is 0 Å². The Morgan fingerprint density at radius 1 is 1.09 bits per heavy atom. The third-order valence-corrected chi connectivity index (χ3v) is 6.24. The summed E-state index contributed by atoms with van der Waals surface area (Å²) in [6, 6.07) is 11.0. The van der Waals surface area contributed by atoms with E-state index in [0.717, 1.165) is 24.8 Å². The second-order valence-electron chi connectivity index (χ2n) is 8.52. The molecule has 2 atom stereocenters. The zero-order valence-electron chi connectivity index (χ0n) is 17.7. The van der Waals surface area contributed by atoms with Crippen molar-refractivity contribution in [3.05, 3.63) is 64.4 Å². The van der Waals surface area contributed by atoms with Crippen molar-refractivity contribution >= 4 is 29.4 Å². The molecule has 2 aliphatic carbocycles. The second-order valence-corrected chi connectivity index (χ2v) is 8.96. The Balaban J connectivity index is 0.000000709. The highest BCUT2D eigenvalue weighted by Crippen LogP contribution is 2.48. The van der Waals surface area contributed by atoms with E-state index in [0.29, 0.717) is 22.9 Å². The lowest BCUT2D eigenvalue weighted by atomic mass is 9.82. The van der Waals surface area contributed by atoms with E-state index < -0.39 is 35.6 Å². The highest BCUT2D eigenvalue weighted by Gasteiger charge is 2.50. The van der Waals surface area contributed by atoms with Crippen molar-refractivity contribution in [1.29, 1.82) is 0 Å². The molecule has 1 unspecified atom stereocenters. The van der Waals surface area contributed by atoms with Gasteiger partial charge in [-0.3, -0.25) is 4.79 Å². The van der Waals surface area contributed by atoms with Crippen LogP contribution in [0.15, 0.2) is 42.5 Å². The lowest BCUT2D eigenvalue weighted by molar-refractivity contribution is -0.123. The summed E-state index contributed by atoms with van der Waals surface area (Å²) in [4.78, 5) is 21.7. The zero-order chi connectivity index (χ0) is 24.2. The molecule has 2 fully saturated rings. The van der Waals surface area contributed by atoms with Crippen LogP contribution in [0.1, 0.15) is 49.1 Å². The number of alkyl halides is 2. The number of halogens is 4. The van der Waals surface area contributed by atoms with Crippen molar-refractivity contribution in [3.8, 4) is 0 Å².